The fourth-order valence-electron chi connectivity index (χ4n) is 1.85. The molecule has 8 heteroatoms. The third-order valence-electron chi connectivity index (χ3n) is 2.98. The molecule has 0 fully saturated rings. The maximum Gasteiger partial charge on any atom is 0.242 e. The van der Waals surface area contributed by atoms with Crippen molar-refractivity contribution in [3.63, 3.8) is 0 Å². The molecule has 1 heterocycles. The topological polar surface area (TPSA) is 72.2 Å². The molecular weight excluding hydrogens is 379 g/mol. The molecule has 0 bridgehead atoms. The fraction of sp³-hybridized carbons (Fsp3) is 0.231. The van der Waals surface area contributed by atoms with E-state index in [0.29, 0.717) is 0 Å². The number of benzene rings is 1. The van der Waals surface area contributed by atoms with Crippen LogP contribution in [0.2, 0.25) is 0 Å². The zero-order chi connectivity index (χ0) is 15.6. The lowest BCUT2D eigenvalue weighted by molar-refractivity contribution is 0.581. The van der Waals surface area contributed by atoms with Gasteiger partial charge >= 0.3 is 0 Å². The Balaban J connectivity index is 2.25. The molecule has 0 saturated carbocycles. The standard InChI is InChI=1S/C13H14BrFN2O2S2/c1-2-8-3-4-20-12(8)7-17-21(18,19)13-5-9(14)10(15)6-11(13)16/h3-6,17H,2,7,16H2,1H3. The van der Waals surface area contributed by atoms with E-state index in [1.807, 2.05) is 18.4 Å². The molecule has 2 aromatic rings. The molecule has 0 aliphatic rings. The number of halogens is 2. The molecule has 0 aliphatic carbocycles. The van der Waals surface area contributed by atoms with E-state index in [9.17, 15) is 12.8 Å². The summed E-state index contributed by atoms with van der Waals surface area (Å²) in [5, 5.41) is 1.92. The highest BCUT2D eigenvalue weighted by Gasteiger charge is 2.20. The van der Waals surface area contributed by atoms with E-state index in [1.54, 1.807) is 0 Å². The maximum atomic E-state index is 13.3. The molecule has 0 spiro atoms. The number of hydrogen-bond donors (Lipinski definition) is 2. The van der Waals surface area contributed by atoms with Crippen LogP contribution in [0.15, 0.2) is 32.9 Å². The summed E-state index contributed by atoms with van der Waals surface area (Å²) in [5.74, 6) is -0.599. The Labute approximate surface area is 135 Å². The second kappa shape index (κ2) is 6.43. The van der Waals surface area contributed by atoms with Crippen molar-refractivity contribution in [1.82, 2.24) is 4.72 Å². The Hall–Kier alpha value is -0.960. The summed E-state index contributed by atoms with van der Waals surface area (Å²) in [6.07, 6.45) is 0.838. The summed E-state index contributed by atoms with van der Waals surface area (Å²) in [4.78, 5) is 0.825. The lowest BCUT2D eigenvalue weighted by atomic mass is 10.2. The van der Waals surface area contributed by atoms with E-state index in [-0.39, 0.29) is 21.6 Å². The van der Waals surface area contributed by atoms with E-state index in [1.165, 1.54) is 17.4 Å². The summed E-state index contributed by atoms with van der Waals surface area (Å²) < 4.78 is 40.4. The highest BCUT2D eigenvalue weighted by Crippen LogP contribution is 2.26. The third-order valence-corrected chi connectivity index (χ3v) is 6.01. The number of nitrogen functional groups attached to an aromatic ring is 1. The fourth-order valence-corrected chi connectivity index (χ4v) is 4.49. The van der Waals surface area contributed by atoms with E-state index in [4.69, 9.17) is 5.73 Å². The van der Waals surface area contributed by atoms with Crippen LogP contribution in [0, 0.1) is 5.82 Å². The van der Waals surface area contributed by atoms with Gasteiger partial charge in [-0.15, -0.1) is 11.3 Å². The molecule has 21 heavy (non-hydrogen) atoms. The first-order chi connectivity index (χ1) is 9.85. The predicted molar refractivity (Wildman–Crippen MR) is 86.2 cm³/mol. The number of hydrogen-bond acceptors (Lipinski definition) is 4. The van der Waals surface area contributed by atoms with Gasteiger partial charge in [0.1, 0.15) is 10.7 Å². The van der Waals surface area contributed by atoms with Gasteiger partial charge in [0.25, 0.3) is 0 Å². The van der Waals surface area contributed by atoms with Gasteiger partial charge < -0.3 is 5.73 Å². The van der Waals surface area contributed by atoms with Crippen LogP contribution in [-0.4, -0.2) is 8.42 Å². The summed E-state index contributed by atoms with van der Waals surface area (Å²) in [7, 11) is -3.80. The molecule has 0 radical (unpaired) electrons. The molecule has 1 aromatic heterocycles. The molecule has 114 valence electrons. The van der Waals surface area contributed by atoms with Crippen LogP contribution in [-0.2, 0) is 23.0 Å². The zero-order valence-corrected chi connectivity index (χ0v) is 14.4. The number of nitrogens with one attached hydrogen (secondary N) is 1. The van der Waals surface area contributed by atoms with Crippen molar-refractivity contribution in [1.29, 1.82) is 0 Å². The molecule has 0 amide bonds. The minimum Gasteiger partial charge on any atom is -0.398 e. The minimum atomic E-state index is -3.80. The van der Waals surface area contributed by atoms with Crippen molar-refractivity contribution in [3.8, 4) is 0 Å². The lowest BCUT2D eigenvalue weighted by Crippen LogP contribution is -2.24. The highest BCUT2D eigenvalue weighted by molar-refractivity contribution is 9.10. The summed E-state index contributed by atoms with van der Waals surface area (Å²) in [6.45, 7) is 2.20. The predicted octanol–water partition coefficient (Wildman–Crippen LogP) is 3.27. The number of rotatable bonds is 5. The first kappa shape index (κ1) is 16.4. The molecule has 1 aromatic carbocycles. The second-order valence-corrected chi connectivity index (χ2v) is 7.94. The smallest absolute Gasteiger partial charge is 0.242 e. The average Bonchev–Trinajstić information content (AvgIpc) is 2.88. The SMILES string of the molecule is CCc1ccsc1CNS(=O)(=O)c1cc(Br)c(F)cc1N. The van der Waals surface area contributed by atoms with Crippen LogP contribution < -0.4 is 10.5 Å². The average molecular weight is 393 g/mol. The molecule has 0 atom stereocenters. The number of sulfonamides is 1. The van der Waals surface area contributed by atoms with Gasteiger partial charge in [0.15, 0.2) is 0 Å². The first-order valence-electron chi connectivity index (χ1n) is 6.14. The van der Waals surface area contributed by atoms with Crippen LogP contribution in [0.4, 0.5) is 10.1 Å². The molecule has 0 unspecified atom stereocenters. The monoisotopic (exact) mass is 392 g/mol. The van der Waals surface area contributed by atoms with E-state index >= 15 is 0 Å². The molecule has 3 N–H and O–H groups in total. The number of nitrogens with two attached hydrogens (primary N) is 1. The highest BCUT2D eigenvalue weighted by atomic mass is 79.9. The Morgan fingerprint density at radius 3 is 2.81 bits per heavy atom. The minimum absolute atomic E-state index is 0.0578. The van der Waals surface area contributed by atoms with Gasteiger partial charge in [0, 0.05) is 11.4 Å². The van der Waals surface area contributed by atoms with Crippen molar-refractivity contribution in [2.75, 3.05) is 5.73 Å². The van der Waals surface area contributed by atoms with E-state index < -0.39 is 15.8 Å². The maximum absolute atomic E-state index is 13.3. The van der Waals surface area contributed by atoms with Gasteiger partial charge in [-0.2, -0.15) is 0 Å². The van der Waals surface area contributed by atoms with Crippen molar-refractivity contribution >= 4 is 43.0 Å². The van der Waals surface area contributed by atoms with Crippen molar-refractivity contribution in [2.45, 2.75) is 24.8 Å². The van der Waals surface area contributed by atoms with Gasteiger partial charge in [-0.05, 0) is 51.5 Å². The largest absolute Gasteiger partial charge is 0.398 e. The first-order valence-corrected chi connectivity index (χ1v) is 9.30. The number of anilines is 1. The summed E-state index contributed by atoms with van der Waals surface area (Å²) in [5.41, 5.74) is 6.59. The second-order valence-electron chi connectivity index (χ2n) is 4.35. The van der Waals surface area contributed by atoms with E-state index in [2.05, 4.69) is 20.7 Å². The van der Waals surface area contributed by atoms with Crippen LogP contribution in [0.5, 0.6) is 0 Å². The van der Waals surface area contributed by atoms with Crippen molar-refractivity contribution < 1.29 is 12.8 Å². The van der Waals surface area contributed by atoms with Crippen LogP contribution in [0.3, 0.4) is 0 Å². The lowest BCUT2D eigenvalue weighted by Gasteiger charge is -2.10. The Bertz CT molecular complexity index is 760. The molecule has 0 aliphatic heterocycles. The van der Waals surface area contributed by atoms with Crippen LogP contribution in [0.1, 0.15) is 17.4 Å². The molecular formula is C13H14BrFN2O2S2. The van der Waals surface area contributed by atoms with Gasteiger partial charge in [0.2, 0.25) is 10.0 Å². The number of thiophene rings is 1. The normalized spacial score (nSPS) is 11.8. The zero-order valence-electron chi connectivity index (χ0n) is 11.2. The van der Waals surface area contributed by atoms with Crippen LogP contribution >= 0.6 is 27.3 Å². The van der Waals surface area contributed by atoms with Gasteiger partial charge in [-0.1, -0.05) is 6.92 Å². The molecule has 2 rings (SSSR count). The van der Waals surface area contributed by atoms with Gasteiger partial charge in [0.05, 0.1) is 10.2 Å². The summed E-state index contributed by atoms with van der Waals surface area (Å²) >= 11 is 4.46. The Morgan fingerprint density at radius 1 is 1.43 bits per heavy atom. The van der Waals surface area contributed by atoms with Gasteiger partial charge in [-0.3, -0.25) is 0 Å². The molecule has 0 saturated heterocycles. The summed E-state index contributed by atoms with van der Waals surface area (Å²) in [6, 6.07) is 4.13. The van der Waals surface area contributed by atoms with Crippen molar-refractivity contribution in [3.05, 3.63) is 44.3 Å². The van der Waals surface area contributed by atoms with Crippen molar-refractivity contribution in [2.24, 2.45) is 0 Å². The third kappa shape index (κ3) is 3.63. The number of aryl methyl sites for hydroxylation is 1. The van der Waals surface area contributed by atoms with Gasteiger partial charge in [-0.25, -0.2) is 17.5 Å². The Morgan fingerprint density at radius 2 is 2.14 bits per heavy atom. The van der Waals surface area contributed by atoms with E-state index in [0.717, 1.165) is 22.9 Å². The Kier molecular flexibility index (Phi) is 5.03. The van der Waals surface area contributed by atoms with Crippen LogP contribution in [0.25, 0.3) is 0 Å². The quantitative estimate of drug-likeness (QED) is 0.766. The molecule has 4 nitrogen and oxygen atoms in total.